The van der Waals surface area contributed by atoms with E-state index in [1.54, 1.807) is 0 Å². The van der Waals surface area contributed by atoms with Crippen LogP contribution in [0.2, 0.25) is 0 Å². The van der Waals surface area contributed by atoms with Crippen LogP contribution in [0.3, 0.4) is 0 Å². The van der Waals surface area contributed by atoms with E-state index in [4.69, 9.17) is 5.73 Å². The fraction of sp³-hybridized carbons (Fsp3) is 0.294. The van der Waals surface area contributed by atoms with Gasteiger partial charge in [-0.25, -0.2) is 0 Å². The summed E-state index contributed by atoms with van der Waals surface area (Å²) in [5, 5.41) is 0. The topological polar surface area (TPSA) is 29.3 Å². The summed E-state index contributed by atoms with van der Waals surface area (Å²) in [5.41, 5.74) is 11.3. The van der Waals surface area contributed by atoms with E-state index >= 15 is 0 Å². The Hall–Kier alpha value is -1.80. The van der Waals surface area contributed by atoms with Gasteiger partial charge in [0.1, 0.15) is 0 Å². The normalized spacial score (nSPS) is 15.4. The Bertz CT molecular complexity index is 561. The number of hydrogen-bond donors (Lipinski definition) is 1. The molecule has 0 bridgehead atoms. The van der Waals surface area contributed by atoms with Crippen LogP contribution in [0.25, 0.3) is 11.1 Å². The molecule has 1 aliphatic heterocycles. The van der Waals surface area contributed by atoms with Crippen molar-refractivity contribution in [2.24, 2.45) is 5.73 Å². The quantitative estimate of drug-likeness (QED) is 0.909. The number of hydrogen-bond acceptors (Lipinski definition) is 2. The van der Waals surface area contributed by atoms with Gasteiger partial charge in [0.05, 0.1) is 0 Å². The molecule has 0 aromatic heterocycles. The van der Waals surface area contributed by atoms with Crippen molar-refractivity contribution in [1.82, 2.24) is 0 Å². The number of rotatable bonds is 3. The molecule has 98 valence electrons. The maximum Gasteiger partial charge on any atom is 0.0406 e. The summed E-state index contributed by atoms with van der Waals surface area (Å²) in [7, 11) is 0. The molecule has 19 heavy (non-hydrogen) atoms. The minimum atomic E-state index is 0.214. The Labute approximate surface area is 114 Å². The molecule has 0 fully saturated rings. The van der Waals surface area contributed by atoms with Crippen LogP contribution in [-0.4, -0.2) is 19.1 Å². The Morgan fingerprint density at radius 2 is 1.89 bits per heavy atom. The lowest BCUT2D eigenvalue weighted by atomic mass is 10.0. The second kappa shape index (κ2) is 5.06. The van der Waals surface area contributed by atoms with Crippen molar-refractivity contribution < 1.29 is 0 Å². The smallest absolute Gasteiger partial charge is 0.0406 e. The van der Waals surface area contributed by atoms with E-state index in [0.29, 0.717) is 0 Å². The van der Waals surface area contributed by atoms with Gasteiger partial charge in [0.2, 0.25) is 0 Å². The largest absolute Gasteiger partial charge is 0.369 e. The third-order valence-corrected chi connectivity index (χ3v) is 3.69. The molecule has 2 N–H and O–H groups in total. The SMILES string of the molecule is C[C@H](N)CN1CCc2ccc(-c3ccccc3)cc21. The second-order valence-electron chi connectivity index (χ2n) is 5.38. The number of nitrogens with two attached hydrogens (primary N) is 1. The maximum absolute atomic E-state index is 5.94. The van der Waals surface area contributed by atoms with Crippen molar-refractivity contribution in [2.45, 2.75) is 19.4 Å². The van der Waals surface area contributed by atoms with Crippen molar-refractivity contribution in [1.29, 1.82) is 0 Å². The number of anilines is 1. The minimum Gasteiger partial charge on any atom is -0.369 e. The molecule has 1 atom stereocenters. The monoisotopic (exact) mass is 252 g/mol. The Morgan fingerprint density at radius 3 is 2.63 bits per heavy atom. The molecule has 1 heterocycles. The fourth-order valence-corrected chi connectivity index (χ4v) is 2.79. The lowest BCUT2D eigenvalue weighted by molar-refractivity contribution is 0.693. The average Bonchev–Trinajstić information content (AvgIpc) is 2.82. The first-order valence-electron chi connectivity index (χ1n) is 6.93. The summed E-state index contributed by atoms with van der Waals surface area (Å²) in [4.78, 5) is 2.41. The molecule has 2 aromatic carbocycles. The minimum absolute atomic E-state index is 0.214. The number of nitrogens with zero attached hydrogens (tertiary/aromatic N) is 1. The summed E-state index contributed by atoms with van der Waals surface area (Å²) in [6.07, 6.45) is 1.14. The molecular formula is C17H20N2. The van der Waals surface area contributed by atoms with Gasteiger partial charge in [0, 0.05) is 24.8 Å². The molecule has 0 saturated carbocycles. The van der Waals surface area contributed by atoms with E-state index in [0.717, 1.165) is 19.5 Å². The summed E-state index contributed by atoms with van der Waals surface area (Å²) < 4.78 is 0. The third kappa shape index (κ3) is 2.49. The van der Waals surface area contributed by atoms with Gasteiger partial charge in [-0.2, -0.15) is 0 Å². The molecule has 0 saturated heterocycles. The van der Waals surface area contributed by atoms with Crippen LogP contribution in [0.1, 0.15) is 12.5 Å². The first kappa shape index (κ1) is 12.2. The molecule has 0 spiro atoms. The summed E-state index contributed by atoms with van der Waals surface area (Å²) in [6.45, 7) is 4.10. The van der Waals surface area contributed by atoms with Gasteiger partial charge in [-0.05, 0) is 36.1 Å². The van der Waals surface area contributed by atoms with Crippen molar-refractivity contribution in [3.05, 3.63) is 54.1 Å². The van der Waals surface area contributed by atoms with Crippen LogP contribution < -0.4 is 10.6 Å². The molecule has 0 amide bonds. The van der Waals surface area contributed by atoms with Crippen LogP contribution >= 0.6 is 0 Å². The van der Waals surface area contributed by atoms with Gasteiger partial charge in [-0.15, -0.1) is 0 Å². The molecular weight excluding hydrogens is 232 g/mol. The molecule has 2 aromatic rings. The molecule has 0 radical (unpaired) electrons. The van der Waals surface area contributed by atoms with Gasteiger partial charge in [0.25, 0.3) is 0 Å². The zero-order valence-corrected chi connectivity index (χ0v) is 11.3. The summed E-state index contributed by atoms with van der Waals surface area (Å²) in [5.74, 6) is 0. The van der Waals surface area contributed by atoms with Gasteiger partial charge < -0.3 is 10.6 Å². The second-order valence-corrected chi connectivity index (χ2v) is 5.38. The van der Waals surface area contributed by atoms with Crippen LogP contribution in [-0.2, 0) is 6.42 Å². The van der Waals surface area contributed by atoms with Crippen LogP contribution in [0.5, 0.6) is 0 Å². The summed E-state index contributed by atoms with van der Waals surface area (Å²) in [6, 6.07) is 17.6. The number of benzene rings is 2. The van der Waals surface area contributed by atoms with E-state index in [9.17, 15) is 0 Å². The predicted octanol–water partition coefficient (Wildman–Crippen LogP) is 3.06. The molecule has 0 aliphatic carbocycles. The Balaban J connectivity index is 1.95. The van der Waals surface area contributed by atoms with Crippen molar-refractivity contribution in [3.8, 4) is 11.1 Å². The highest BCUT2D eigenvalue weighted by Gasteiger charge is 2.20. The van der Waals surface area contributed by atoms with Gasteiger partial charge in [-0.3, -0.25) is 0 Å². The molecule has 0 unspecified atom stereocenters. The van der Waals surface area contributed by atoms with Crippen LogP contribution in [0.4, 0.5) is 5.69 Å². The predicted molar refractivity (Wildman–Crippen MR) is 81.4 cm³/mol. The molecule has 2 heteroatoms. The summed E-state index contributed by atoms with van der Waals surface area (Å²) >= 11 is 0. The van der Waals surface area contributed by atoms with E-state index < -0.39 is 0 Å². The van der Waals surface area contributed by atoms with Crippen LogP contribution in [0, 0.1) is 0 Å². The maximum atomic E-state index is 5.94. The fourth-order valence-electron chi connectivity index (χ4n) is 2.79. The van der Waals surface area contributed by atoms with Crippen molar-refractivity contribution in [3.63, 3.8) is 0 Å². The third-order valence-electron chi connectivity index (χ3n) is 3.69. The Morgan fingerprint density at radius 1 is 1.11 bits per heavy atom. The average molecular weight is 252 g/mol. The lowest BCUT2D eigenvalue weighted by Crippen LogP contribution is -2.34. The molecule has 1 aliphatic rings. The van der Waals surface area contributed by atoms with E-state index in [-0.39, 0.29) is 6.04 Å². The first-order valence-corrected chi connectivity index (χ1v) is 6.93. The van der Waals surface area contributed by atoms with Gasteiger partial charge in [-0.1, -0.05) is 42.5 Å². The molecule has 3 rings (SSSR count). The zero-order valence-electron chi connectivity index (χ0n) is 11.3. The van der Waals surface area contributed by atoms with Gasteiger partial charge >= 0.3 is 0 Å². The highest BCUT2D eigenvalue weighted by molar-refractivity contribution is 5.72. The van der Waals surface area contributed by atoms with E-state index in [1.165, 1.54) is 22.4 Å². The van der Waals surface area contributed by atoms with Crippen molar-refractivity contribution in [2.75, 3.05) is 18.0 Å². The standard InChI is InChI=1S/C17H20N2/c1-13(18)12-19-10-9-15-7-8-16(11-17(15)19)14-5-3-2-4-6-14/h2-8,11,13H,9-10,12,18H2,1H3/t13-/m0/s1. The zero-order chi connectivity index (χ0) is 13.2. The van der Waals surface area contributed by atoms with E-state index in [1.807, 2.05) is 0 Å². The number of fused-ring (bicyclic) bond motifs is 1. The highest BCUT2D eigenvalue weighted by atomic mass is 15.2. The van der Waals surface area contributed by atoms with Crippen LogP contribution in [0.15, 0.2) is 48.5 Å². The highest BCUT2D eigenvalue weighted by Crippen LogP contribution is 2.32. The van der Waals surface area contributed by atoms with E-state index in [2.05, 4.69) is 60.4 Å². The molecule has 2 nitrogen and oxygen atoms in total. The first-order chi connectivity index (χ1) is 9.24. The van der Waals surface area contributed by atoms with Gasteiger partial charge in [0.15, 0.2) is 0 Å². The lowest BCUT2D eigenvalue weighted by Gasteiger charge is -2.22. The Kier molecular flexibility index (Phi) is 3.26. The van der Waals surface area contributed by atoms with Crippen molar-refractivity contribution >= 4 is 5.69 Å².